The lowest BCUT2D eigenvalue weighted by atomic mass is 10.1. The molecular formula is C18H17N3OS. The maximum atomic E-state index is 12.0. The van der Waals surface area contributed by atoms with E-state index in [-0.39, 0.29) is 5.91 Å². The second-order valence-corrected chi connectivity index (χ2v) is 5.97. The molecule has 2 heterocycles. The van der Waals surface area contributed by atoms with Crippen molar-refractivity contribution in [2.75, 3.05) is 0 Å². The van der Waals surface area contributed by atoms with Crippen LogP contribution in [0.4, 0.5) is 0 Å². The van der Waals surface area contributed by atoms with Crippen LogP contribution in [-0.2, 0) is 13.0 Å². The van der Waals surface area contributed by atoms with Crippen LogP contribution in [0.25, 0.3) is 10.6 Å². The summed E-state index contributed by atoms with van der Waals surface area (Å²) in [5, 5.41) is 6.04. The second-order valence-electron chi connectivity index (χ2n) is 5.11. The summed E-state index contributed by atoms with van der Waals surface area (Å²) >= 11 is 1.66. The van der Waals surface area contributed by atoms with Crippen molar-refractivity contribution in [1.29, 1.82) is 0 Å². The maximum absolute atomic E-state index is 12.0. The van der Waals surface area contributed by atoms with Crippen molar-refractivity contribution in [2.24, 2.45) is 0 Å². The molecule has 0 saturated carbocycles. The standard InChI is InChI=1S/C18H17N3OS/c1-2-16-12-23-18(21-16)15-5-3-13(4-6-15)11-20-17(22)14-7-9-19-10-8-14/h3-10,12H,2,11H2,1H3,(H,20,22). The van der Waals surface area contributed by atoms with E-state index in [2.05, 4.69) is 27.6 Å². The molecule has 1 amide bonds. The number of amides is 1. The van der Waals surface area contributed by atoms with Gasteiger partial charge >= 0.3 is 0 Å². The summed E-state index contributed by atoms with van der Waals surface area (Å²) in [5.41, 5.74) is 3.91. The van der Waals surface area contributed by atoms with Gasteiger partial charge in [0.15, 0.2) is 0 Å². The third kappa shape index (κ3) is 3.81. The van der Waals surface area contributed by atoms with Crippen LogP contribution in [0.3, 0.4) is 0 Å². The average molecular weight is 323 g/mol. The molecule has 0 radical (unpaired) electrons. The zero-order valence-corrected chi connectivity index (χ0v) is 13.6. The Kier molecular flexibility index (Phi) is 4.78. The largest absolute Gasteiger partial charge is 0.348 e. The van der Waals surface area contributed by atoms with Crippen LogP contribution in [0.5, 0.6) is 0 Å². The van der Waals surface area contributed by atoms with E-state index in [9.17, 15) is 4.79 Å². The fourth-order valence-corrected chi connectivity index (χ4v) is 3.06. The van der Waals surface area contributed by atoms with Crippen molar-refractivity contribution >= 4 is 17.2 Å². The van der Waals surface area contributed by atoms with Gasteiger partial charge in [-0.3, -0.25) is 9.78 Å². The Morgan fingerprint density at radius 3 is 2.52 bits per heavy atom. The molecule has 0 saturated heterocycles. The first-order chi connectivity index (χ1) is 11.3. The van der Waals surface area contributed by atoms with E-state index in [1.807, 2.05) is 24.3 Å². The van der Waals surface area contributed by atoms with Crippen LogP contribution < -0.4 is 5.32 Å². The Morgan fingerprint density at radius 1 is 1.13 bits per heavy atom. The third-order valence-electron chi connectivity index (χ3n) is 3.51. The topological polar surface area (TPSA) is 54.9 Å². The summed E-state index contributed by atoms with van der Waals surface area (Å²) < 4.78 is 0. The molecule has 0 aliphatic heterocycles. The van der Waals surface area contributed by atoms with Gasteiger partial charge in [0.1, 0.15) is 5.01 Å². The van der Waals surface area contributed by atoms with Crippen LogP contribution >= 0.6 is 11.3 Å². The van der Waals surface area contributed by atoms with Gasteiger partial charge in [0.2, 0.25) is 0 Å². The van der Waals surface area contributed by atoms with Crippen molar-refractivity contribution in [3.63, 3.8) is 0 Å². The molecule has 0 fully saturated rings. The van der Waals surface area contributed by atoms with Gasteiger partial charge in [-0.25, -0.2) is 4.98 Å². The second kappa shape index (κ2) is 7.15. The number of pyridine rings is 1. The van der Waals surface area contributed by atoms with Gasteiger partial charge in [0.05, 0.1) is 5.69 Å². The van der Waals surface area contributed by atoms with Crippen molar-refractivity contribution in [3.05, 3.63) is 71.0 Å². The predicted molar refractivity (Wildman–Crippen MR) is 92.3 cm³/mol. The summed E-state index contributed by atoms with van der Waals surface area (Å²) in [4.78, 5) is 20.5. The van der Waals surface area contributed by atoms with Crippen molar-refractivity contribution in [2.45, 2.75) is 19.9 Å². The van der Waals surface area contributed by atoms with Crippen LogP contribution in [0.2, 0.25) is 0 Å². The van der Waals surface area contributed by atoms with E-state index in [1.165, 1.54) is 0 Å². The number of thiazole rings is 1. The Hall–Kier alpha value is -2.53. The van der Waals surface area contributed by atoms with Gasteiger partial charge in [0.25, 0.3) is 5.91 Å². The number of rotatable bonds is 5. The first-order valence-electron chi connectivity index (χ1n) is 7.48. The number of aryl methyl sites for hydroxylation is 1. The molecule has 5 heteroatoms. The number of aromatic nitrogens is 2. The predicted octanol–water partition coefficient (Wildman–Crippen LogP) is 3.70. The SMILES string of the molecule is CCc1csc(-c2ccc(CNC(=O)c3ccncc3)cc2)n1. The zero-order valence-electron chi connectivity index (χ0n) is 12.8. The number of nitrogens with one attached hydrogen (secondary N) is 1. The van der Waals surface area contributed by atoms with E-state index in [0.29, 0.717) is 12.1 Å². The quantitative estimate of drug-likeness (QED) is 0.779. The Bertz CT molecular complexity index is 782. The third-order valence-corrected chi connectivity index (χ3v) is 4.45. The molecule has 116 valence electrons. The zero-order chi connectivity index (χ0) is 16.1. The van der Waals surface area contributed by atoms with Crippen LogP contribution in [0.15, 0.2) is 54.2 Å². The molecule has 1 aromatic carbocycles. The molecule has 1 N–H and O–H groups in total. The first-order valence-corrected chi connectivity index (χ1v) is 8.36. The van der Waals surface area contributed by atoms with Crippen molar-refractivity contribution in [3.8, 4) is 10.6 Å². The van der Waals surface area contributed by atoms with Crippen molar-refractivity contribution < 1.29 is 4.79 Å². The van der Waals surface area contributed by atoms with E-state index < -0.39 is 0 Å². The molecule has 0 bridgehead atoms. The van der Waals surface area contributed by atoms with Crippen molar-refractivity contribution in [1.82, 2.24) is 15.3 Å². The minimum atomic E-state index is -0.0935. The fraction of sp³-hybridized carbons (Fsp3) is 0.167. The summed E-state index contributed by atoms with van der Waals surface area (Å²) in [7, 11) is 0. The molecule has 0 unspecified atom stereocenters. The lowest BCUT2D eigenvalue weighted by molar-refractivity contribution is 0.0951. The molecule has 0 aliphatic rings. The highest BCUT2D eigenvalue weighted by Gasteiger charge is 2.06. The van der Waals surface area contributed by atoms with E-state index in [1.54, 1.807) is 35.9 Å². The molecule has 0 aliphatic carbocycles. The number of nitrogens with zero attached hydrogens (tertiary/aromatic N) is 2. The Balaban J connectivity index is 1.62. The van der Waals surface area contributed by atoms with Gasteiger partial charge in [-0.1, -0.05) is 31.2 Å². The van der Waals surface area contributed by atoms with Crippen LogP contribution in [0.1, 0.15) is 28.5 Å². The van der Waals surface area contributed by atoms with E-state index >= 15 is 0 Å². The summed E-state index contributed by atoms with van der Waals surface area (Å²) in [6, 6.07) is 11.5. The highest BCUT2D eigenvalue weighted by Crippen LogP contribution is 2.24. The highest BCUT2D eigenvalue weighted by atomic mass is 32.1. The molecule has 0 atom stereocenters. The molecule has 23 heavy (non-hydrogen) atoms. The van der Waals surface area contributed by atoms with Gasteiger partial charge in [-0.2, -0.15) is 0 Å². The number of carbonyl (C=O) groups excluding carboxylic acids is 1. The van der Waals surface area contributed by atoms with Crippen LogP contribution in [0, 0.1) is 0 Å². The lowest BCUT2D eigenvalue weighted by Crippen LogP contribution is -2.22. The maximum Gasteiger partial charge on any atom is 0.251 e. The van der Waals surface area contributed by atoms with Crippen LogP contribution in [-0.4, -0.2) is 15.9 Å². The van der Waals surface area contributed by atoms with E-state index in [0.717, 1.165) is 28.2 Å². The summed E-state index contributed by atoms with van der Waals surface area (Å²) in [6.07, 6.45) is 4.18. The lowest BCUT2D eigenvalue weighted by Gasteiger charge is -2.06. The average Bonchev–Trinajstić information content (AvgIpc) is 3.10. The highest BCUT2D eigenvalue weighted by molar-refractivity contribution is 7.13. The molecule has 4 nitrogen and oxygen atoms in total. The summed E-state index contributed by atoms with van der Waals surface area (Å²) in [5.74, 6) is -0.0935. The molecule has 3 rings (SSSR count). The minimum absolute atomic E-state index is 0.0935. The monoisotopic (exact) mass is 323 g/mol. The molecular weight excluding hydrogens is 306 g/mol. The minimum Gasteiger partial charge on any atom is -0.348 e. The number of benzene rings is 1. The van der Waals surface area contributed by atoms with Gasteiger partial charge < -0.3 is 5.32 Å². The first kappa shape index (κ1) is 15.4. The van der Waals surface area contributed by atoms with E-state index in [4.69, 9.17) is 0 Å². The Labute approximate surface area is 139 Å². The number of carbonyl (C=O) groups is 1. The molecule has 3 aromatic rings. The number of hydrogen-bond donors (Lipinski definition) is 1. The smallest absolute Gasteiger partial charge is 0.251 e. The normalized spacial score (nSPS) is 10.5. The van der Waals surface area contributed by atoms with Gasteiger partial charge in [-0.05, 0) is 24.1 Å². The van der Waals surface area contributed by atoms with Gasteiger partial charge in [0, 0.05) is 35.4 Å². The number of hydrogen-bond acceptors (Lipinski definition) is 4. The molecule has 2 aromatic heterocycles. The fourth-order valence-electron chi connectivity index (χ4n) is 2.15. The molecule has 0 spiro atoms. The summed E-state index contributed by atoms with van der Waals surface area (Å²) in [6.45, 7) is 2.60. The van der Waals surface area contributed by atoms with Gasteiger partial charge in [-0.15, -0.1) is 11.3 Å². The Morgan fingerprint density at radius 2 is 1.87 bits per heavy atom.